The topological polar surface area (TPSA) is 81.3 Å². The molecule has 2 N–H and O–H groups in total. The van der Waals surface area contributed by atoms with Crippen LogP contribution in [0, 0.1) is 20.8 Å². The fourth-order valence-corrected chi connectivity index (χ4v) is 3.88. The van der Waals surface area contributed by atoms with Crippen molar-refractivity contribution in [1.82, 2.24) is 9.97 Å². The van der Waals surface area contributed by atoms with Gasteiger partial charge in [0.2, 0.25) is 0 Å². The molecule has 0 radical (unpaired) electrons. The second kappa shape index (κ2) is 8.63. The number of carbonyl (C=O) groups is 2. The zero-order valence-corrected chi connectivity index (χ0v) is 18.1. The average molecular weight is 418 g/mol. The molecule has 1 amide bonds. The van der Waals surface area contributed by atoms with Gasteiger partial charge in [-0.25, -0.2) is 4.98 Å². The van der Waals surface area contributed by atoms with E-state index >= 15 is 0 Å². The van der Waals surface area contributed by atoms with Crippen LogP contribution in [0.5, 0.6) is 0 Å². The van der Waals surface area contributed by atoms with Crippen LogP contribution in [0.25, 0.3) is 0 Å². The number of carbonyl (C=O) groups excluding carboxylic acids is 2. The molecule has 160 valence electrons. The Labute approximate surface area is 182 Å². The van der Waals surface area contributed by atoms with Gasteiger partial charge < -0.3 is 20.1 Å². The minimum absolute atomic E-state index is 0.294. The highest BCUT2D eigenvalue weighted by atomic mass is 16.2. The van der Waals surface area contributed by atoms with E-state index < -0.39 is 11.7 Å². The van der Waals surface area contributed by atoms with Gasteiger partial charge in [0, 0.05) is 48.9 Å². The minimum atomic E-state index is -0.649. The largest absolute Gasteiger partial charge is 0.368 e. The molecule has 4 rings (SSSR count). The summed E-state index contributed by atoms with van der Waals surface area (Å²) in [5.74, 6) is -0.186. The predicted molar refractivity (Wildman–Crippen MR) is 123 cm³/mol. The summed E-state index contributed by atoms with van der Waals surface area (Å²) < 4.78 is 0. The summed E-state index contributed by atoms with van der Waals surface area (Å²) in [5.41, 5.74) is 5.10. The maximum atomic E-state index is 12.2. The first kappa shape index (κ1) is 20.7. The normalized spacial score (nSPS) is 13.9. The van der Waals surface area contributed by atoms with Crippen LogP contribution < -0.4 is 15.1 Å². The molecule has 0 atom stereocenters. The predicted octanol–water partition coefficient (Wildman–Crippen LogP) is 3.48. The molecule has 1 aliphatic heterocycles. The Hall–Kier alpha value is -3.61. The molecule has 1 aromatic carbocycles. The number of anilines is 3. The third-order valence-corrected chi connectivity index (χ3v) is 5.46. The molecule has 1 aliphatic rings. The number of ketones is 1. The Balaban J connectivity index is 1.34. The number of amides is 1. The molecule has 1 saturated heterocycles. The van der Waals surface area contributed by atoms with E-state index in [1.807, 2.05) is 38.1 Å². The number of nitrogens with zero attached hydrogens (tertiary/aromatic N) is 3. The van der Waals surface area contributed by atoms with Crippen LogP contribution in [0.15, 0.2) is 48.5 Å². The number of H-pyrrole nitrogens is 1. The molecular weight excluding hydrogens is 390 g/mol. The number of pyridine rings is 1. The number of aryl methyl sites for hydroxylation is 3. The molecule has 0 bridgehead atoms. The van der Waals surface area contributed by atoms with Gasteiger partial charge in [-0.05, 0) is 74.9 Å². The van der Waals surface area contributed by atoms with E-state index in [-0.39, 0.29) is 0 Å². The van der Waals surface area contributed by atoms with Crippen molar-refractivity contribution in [3.63, 3.8) is 0 Å². The molecule has 2 aromatic heterocycles. The summed E-state index contributed by atoms with van der Waals surface area (Å²) in [4.78, 5) is 36.6. The van der Waals surface area contributed by atoms with Crippen LogP contribution in [0.2, 0.25) is 0 Å². The van der Waals surface area contributed by atoms with Crippen molar-refractivity contribution in [1.29, 1.82) is 0 Å². The lowest BCUT2D eigenvalue weighted by atomic mass is 10.2. The zero-order chi connectivity index (χ0) is 22.0. The van der Waals surface area contributed by atoms with Crippen LogP contribution in [0.3, 0.4) is 0 Å². The maximum Gasteiger partial charge on any atom is 0.298 e. The SMILES string of the molecule is Cc1cc(C)nc(N2CCN(c3ccc(NC(=O)C(=O)c4ccc(C)[nH]4)cc3)CC2)c1. The van der Waals surface area contributed by atoms with Gasteiger partial charge in [-0.3, -0.25) is 9.59 Å². The van der Waals surface area contributed by atoms with Crippen molar-refractivity contribution in [2.75, 3.05) is 41.3 Å². The smallest absolute Gasteiger partial charge is 0.298 e. The van der Waals surface area contributed by atoms with Crippen LogP contribution in [0.4, 0.5) is 17.2 Å². The Morgan fingerprint density at radius 1 is 0.903 bits per heavy atom. The monoisotopic (exact) mass is 417 g/mol. The van der Waals surface area contributed by atoms with Crippen molar-refractivity contribution < 1.29 is 9.59 Å². The Kier molecular flexibility index (Phi) is 5.75. The van der Waals surface area contributed by atoms with Gasteiger partial charge in [0.15, 0.2) is 0 Å². The van der Waals surface area contributed by atoms with E-state index in [9.17, 15) is 9.59 Å². The first-order valence-electron chi connectivity index (χ1n) is 10.5. The summed E-state index contributed by atoms with van der Waals surface area (Å²) in [6.07, 6.45) is 0. The molecule has 7 heteroatoms. The van der Waals surface area contributed by atoms with E-state index in [0.29, 0.717) is 11.4 Å². The van der Waals surface area contributed by atoms with Crippen LogP contribution in [0.1, 0.15) is 27.4 Å². The fourth-order valence-electron chi connectivity index (χ4n) is 3.88. The van der Waals surface area contributed by atoms with Crippen molar-refractivity contribution in [3.8, 4) is 0 Å². The number of nitrogens with one attached hydrogen (secondary N) is 2. The first-order chi connectivity index (χ1) is 14.9. The number of benzene rings is 1. The van der Waals surface area contributed by atoms with Gasteiger partial charge in [0.25, 0.3) is 11.7 Å². The van der Waals surface area contributed by atoms with Crippen molar-refractivity contribution in [2.45, 2.75) is 20.8 Å². The van der Waals surface area contributed by atoms with Gasteiger partial charge in [0.1, 0.15) is 5.82 Å². The zero-order valence-electron chi connectivity index (χ0n) is 18.1. The highest BCUT2D eigenvalue weighted by Gasteiger charge is 2.20. The number of rotatable bonds is 5. The van der Waals surface area contributed by atoms with Gasteiger partial charge in [-0.1, -0.05) is 0 Å². The van der Waals surface area contributed by atoms with E-state index in [4.69, 9.17) is 0 Å². The molecule has 0 spiro atoms. The van der Waals surface area contributed by atoms with Gasteiger partial charge in [-0.2, -0.15) is 0 Å². The summed E-state index contributed by atoms with van der Waals surface area (Å²) in [7, 11) is 0. The van der Waals surface area contributed by atoms with Gasteiger partial charge in [-0.15, -0.1) is 0 Å². The Morgan fingerprint density at radius 2 is 1.58 bits per heavy atom. The van der Waals surface area contributed by atoms with Crippen molar-refractivity contribution >= 4 is 28.9 Å². The molecule has 3 heterocycles. The lowest BCUT2D eigenvalue weighted by molar-refractivity contribution is -0.112. The minimum Gasteiger partial charge on any atom is -0.368 e. The number of hydrogen-bond donors (Lipinski definition) is 2. The molecule has 7 nitrogen and oxygen atoms in total. The van der Waals surface area contributed by atoms with E-state index in [0.717, 1.165) is 49.1 Å². The standard InChI is InChI=1S/C24H27N5O2/c1-16-14-18(3)26-22(15-16)29-12-10-28(11-13-29)20-7-5-19(6-8-20)27-24(31)23(30)21-9-4-17(2)25-21/h4-9,14-15,25H,10-13H2,1-3H3,(H,27,31). The number of aromatic nitrogens is 2. The number of aromatic amines is 1. The fraction of sp³-hybridized carbons (Fsp3) is 0.292. The molecule has 0 aliphatic carbocycles. The summed E-state index contributed by atoms with van der Waals surface area (Å²) in [6.45, 7) is 9.56. The Bertz CT molecular complexity index is 1080. The second-order valence-electron chi connectivity index (χ2n) is 8.00. The molecular formula is C24H27N5O2. The second-order valence-corrected chi connectivity index (χ2v) is 8.00. The highest BCUT2D eigenvalue weighted by molar-refractivity contribution is 6.46. The van der Waals surface area contributed by atoms with E-state index in [1.54, 1.807) is 12.1 Å². The number of Topliss-reactive ketones (excluding diaryl/α,β-unsaturated/α-hetero) is 1. The van der Waals surface area contributed by atoms with Crippen LogP contribution in [-0.4, -0.2) is 47.8 Å². The lowest BCUT2D eigenvalue weighted by Gasteiger charge is -2.37. The van der Waals surface area contributed by atoms with E-state index in [2.05, 4.69) is 44.1 Å². The number of piperazine rings is 1. The van der Waals surface area contributed by atoms with Crippen molar-refractivity contribution in [2.24, 2.45) is 0 Å². The van der Waals surface area contributed by atoms with Crippen molar-refractivity contribution in [3.05, 3.63) is 71.2 Å². The first-order valence-corrected chi connectivity index (χ1v) is 10.5. The molecule has 31 heavy (non-hydrogen) atoms. The third-order valence-electron chi connectivity index (χ3n) is 5.46. The summed E-state index contributed by atoms with van der Waals surface area (Å²) in [6, 6.07) is 15.2. The lowest BCUT2D eigenvalue weighted by Crippen LogP contribution is -2.46. The summed E-state index contributed by atoms with van der Waals surface area (Å²) in [5, 5.41) is 2.68. The highest BCUT2D eigenvalue weighted by Crippen LogP contribution is 2.22. The van der Waals surface area contributed by atoms with Crippen LogP contribution in [-0.2, 0) is 4.79 Å². The van der Waals surface area contributed by atoms with Gasteiger partial charge in [0.05, 0.1) is 5.69 Å². The van der Waals surface area contributed by atoms with Crippen LogP contribution >= 0.6 is 0 Å². The van der Waals surface area contributed by atoms with Gasteiger partial charge >= 0.3 is 0 Å². The summed E-state index contributed by atoms with van der Waals surface area (Å²) >= 11 is 0. The molecule has 1 fully saturated rings. The third kappa shape index (κ3) is 4.77. The average Bonchev–Trinajstić information content (AvgIpc) is 3.19. The molecule has 0 unspecified atom stereocenters. The molecule has 3 aromatic rings. The quantitative estimate of drug-likeness (QED) is 0.491. The maximum absolute atomic E-state index is 12.2. The number of hydrogen-bond acceptors (Lipinski definition) is 5. The van der Waals surface area contributed by atoms with E-state index in [1.165, 1.54) is 5.56 Å². The molecule has 0 saturated carbocycles. The Morgan fingerprint density at radius 3 is 2.19 bits per heavy atom.